The Hall–Kier alpha value is -6.17. The van der Waals surface area contributed by atoms with Gasteiger partial charge in [0, 0.05) is 47.6 Å². The number of hydrogen-bond donors (Lipinski definition) is 0. The van der Waals surface area contributed by atoms with Gasteiger partial charge in [0.15, 0.2) is 17.5 Å². The molecule has 0 aliphatic heterocycles. The van der Waals surface area contributed by atoms with Crippen molar-refractivity contribution in [2.75, 3.05) is 0 Å². The normalized spacial score (nSPS) is 11.8. The van der Waals surface area contributed by atoms with Crippen molar-refractivity contribution in [2.45, 2.75) is 0 Å². The lowest BCUT2D eigenvalue weighted by molar-refractivity contribution is 0.669. The highest BCUT2D eigenvalue weighted by molar-refractivity contribution is 7.25. The van der Waals surface area contributed by atoms with Gasteiger partial charge in [0.25, 0.3) is 0 Å². The molecular formula is C43H25N3OS. The molecule has 3 aromatic heterocycles. The fourth-order valence-electron chi connectivity index (χ4n) is 6.67. The fraction of sp³-hybridized carbons (Fsp3) is 0. The predicted octanol–water partition coefficient (Wildman–Crippen LogP) is 12.0. The molecule has 0 atom stereocenters. The Kier molecular flexibility index (Phi) is 6.01. The van der Waals surface area contributed by atoms with Gasteiger partial charge in [0.05, 0.1) is 0 Å². The Morgan fingerprint density at radius 1 is 0.354 bits per heavy atom. The second kappa shape index (κ2) is 10.7. The largest absolute Gasteiger partial charge is 0.456 e. The van der Waals surface area contributed by atoms with Crippen molar-refractivity contribution in [3.05, 3.63) is 152 Å². The van der Waals surface area contributed by atoms with Crippen LogP contribution in [0.5, 0.6) is 0 Å². The molecule has 0 amide bonds. The van der Waals surface area contributed by atoms with Crippen molar-refractivity contribution >= 4 is 64.2 Å². The summed E-state index contributed by atoms with van der Waals surface area (Å²) in [6.07, 6.45) is 0. The summed E-state index contributed by atoms with van der Waals surface area (Å²) in [4.78, 5) is 15.2. The van der Waals surface area contributed by atoms with Crippen LogP contribution in [0.1, 0.15) is 0 Å². The molecular weight excluding hydrogens is 607 g/mol. The van der Waals surface area contributed by atoms with Gasteiger partial charge in [-0.2, -0.15) is 0 Å². The number of furan rings is 1. The minimum Gasteiger partial charge on any atom is -0.456 e. The van der Waals surface area contributed by atoms with Crippen molar-refractivity contribution in [1.29, 1.82) is 0 Å². The first-order valence-corrected chi connectivity index (χ1v) is 16.7. The zero-order chi connectivity index (χ0) is 31.6. The molecule has 10 rings (SSSR count). The van der Waals surface area contributed by atoms with E-state index in [4.69, 9.17) is 19.4 Å². The Balaban J connectivity index is 1.11. The van der Waals surface area contributed by atoms with E-state index < -0.39 is 0 Å². The van der Waals surface area contributed by atoms with Crippen LogP contribution in [-0.4, -0.2) is 15.0 Å². The molecule has 224 valence electrons. The highest BCUT2D eigenvalue weighted by atomic mass is 32.1. The number of fused-ring (bicyclic) bond motifs is 7. The number of benzene rings is 7. The van der Waals surface area contributed by atoms with Crippen LogP contribution in [-0.2, 0) is 0 Å². The second-order valence-electron chi connectivity index (χ2n) is 12.1. The van der Waals surface area contributed by atoms with Crippen LogP contribution in [0.2, 0.25) is 0 Å². The van der Waals surface area contributed by atoms with E-state index in [-0.39, 0.29) is 0 Å². The van der Waals surface area contributed by atoms with Gasteiger partial charge in [-0.25, -0.2) is 15.0 Å². The molecule has 0 radical (unpaired) electrons. The molecule has 0 spiro atoms. The monoisotopic (exact) mass is 631 g/mol. The zero-order valence-electron chi connectivity index (χ0n) is 25.6. The van der Waals surface area contributed by atoms with Gasteiger partial charge in [0.2, 0.25) is 0 Å². The van der Waals surface area contributed by atoms with Gasteiger partial charge in [-0.15, -0.1) is 11.3 Å². The van der Waals surface area contributed by atoms with Crippen molar-refractivity contribution in [3.8, 4) is 45.3 Å². The summed E-state index contributed by atoms with van der Waals surface area (Å²) in [5.74, 6) is 1.87. The summed E-state index contributed by atoms with van der Waals surface area (Å²) in [5, 5.41) is 7.14. The van der Waals surface area contributed by atoms with Crippen LogP contribution >= 0.6 is 11.3 Å². The maximum atomic E-state index is 6.23. The average molecular weight is 632 g/mol. The summed E-state index contributed by atoms with van der Waals surface area (Å²) in [5.41, 5.74) is 6.75. The first kappa shape index (κ1) is 27.0. The molecule has 0 aliphatic carbocycles. The van der Waals surface area contributed by atoms with Crippen molar-refractivity contribution < 1.29 is 4.42 Å². The third kappa shape index (κ3) is 4.48. The van der Waals surface area contributed by atoms with Crippen molar-refractivity contribution in [2.24, 2.45) is 0 Å². The summed E-state index contributed by atoms with van der Waals surface area (Å²) >= 11 is 1.79. The summed E-state index contributed by atoms with van der Waals surface area (Å²) in [6, 6.07) is 52.9. The molecule has 0 fully saturated rings. The van der Waals surface area contributed by atoms with E-state index in [9.17, 15) is 0 Å². The molecule has 0 saturated carbocycles. The third-order valence-electron chi connectivity index (χ3n) is 9.14. The van der Waals surface area contributed by atoms with E-state index in [1.54, 1.807) is 11.3 Å². The Bertz CT molecular complexity index is 2720. The fourth-order valence-corrected chi connectivity index (χ4v) is 7.82. The van der Waals surface area contributed by atoms with Gasteiger partial charge < -0.3 is 4.42 Å². The van der Waals surface area contributed by atoms with E-state index in [0.29, 0.717) is 17.5 Å². The van der Waals surface area contributed by atoms with Crippen LogP contribution in [0.4, 0.5) is 0 Å². The number of nitrogens with zero attached hydrogens (tertiary/aromatic N) is 3. The Labute approximate surface area is 279 Å². The minimum atomic E-state index is 0.604. The van der Waals surface area contributed by atoms with Crippen LogP contribution in [0.3, 0.4) is 0 Å². The molecule has 0 bridgehead atoms. The molecule has 7 aromatic carbocycles. The van der Waals surface area contributed by atoms with Crippen LogP contribution < -0.4 is 0 Å². The van der Waals surface area contributed by atoms with Gasteiger partial charge in [-0.1, -0.05) is 115 Å². The first-order chi connectivity index (χ1) is 23.7. The predicted molar refractivity (Wildman–Crippen MR) is 199 cm³/mol. The topological polar surface area (TPSA) is 51.8 Å². The molecule has 3 heterocycles. The molecule has 48 heavy (non-hydrogen) atoms. The highest BCUT2D eigenvalue weighted by Crippen LogP contribution is 2.37. The van der Waals surface area contributed by atoms with Gasteiger partial charge in [-0.3, -0.25) is 0 Å². The van der Waals surface area contributed by atoms with Crippen molar-refractivity contribution in [1.82, 2.24) is 15.0 Å². The number of thiophene rings is 1. The average Bonchev–Trinajstić information content (AvgIpc) is 3.72. The van der Waals surface area contributed by atoms with E-state index in [1.165, 1.54) is 36.5 Å². The van der Waals surface area contributed by atoms with Gasteiger partial charge in [0.1, 0.15) is 11.2 Å². The lowest BCUT2D eigenvalue weighted by atomic mass is 10.00. The Morgan fingerprint density at radius 2 is 0.917 bits per heavy atom. The molecule has 0 unspecified atom stereocenters. The second-order valence-corrected chi connectivity index (χ2v) is 13.1. The highest BCUT2D eigenvalue weighted by Gasteiger charge is 2.16. The molecule has 10 aromatic rings. The van der Waals surface area contributed by atoms with E-state index in [0.717, 1.165) is 44.2 Å². The maximum absolute atomic E-state index is 6.23. The first-order valence-electron chi connectivity index (χ1n) is 15.9. The van der Waals surface area contributed by atoms with E-state index in [1.807, 2.05) is 24.3 Å². The molecule has 0 aliphatic rings. The minimum absolute atomic E-state index is 0.604. The zero-order valence-corrected chi connectivity index (χ0v) is 26.4. The summed E-state index contributed by atoms with van der Waals surface area (Å²) in [6.45, 7) is 0. The number of hydrogen-bond acceptors (Lipinski definition) is 5. The third-order valence-corrected chi connectivity index (χ3v) is 10.3. The van der Waals surface area contributed by atoms with Crippen LogP contribution in [0.15, 0.2) is 156 Å². The molecule has 5 heteroatoms. The molecule has 0 N–H and O–H groups in total. The molecule has 4 nitrogen and oxygen atoms in total. The van der Waals surface area contributed by atoms with Gasteiger partial charge in [-0.05, 0) is 58.3 Å². The smallest absolute Gasteiger partial charge is 0.164 e. The van der Waals surface area contributed by atoms with Crippen molar-refractivity contribution in [3.63, 3.8) is 0 Å². The number of aromatic nitrogens is 3. The Morgan fingerprint density at radius 3 is 1.75 bits per heavy atom. The van der Waals surface area contributed by atoms with E-state index >= 15 is 0 Å². The standard InChI is InChI=1S/C43H25N3OS/c1-2-8-29-23-30(18-15-26(29)7-1)27-13-16-28(17-14-27)41-44-42(31-19-21-34-33-9-3-5-11-37(33)47-38(34)24-31)46-43(45-41)32-20-22-36-35-10-4-6-12-39(35)48-40(36)25-32/h1-25H. The molecule has 0 saturated heterocycles. The van der Waals surface area contributed by atoms with Crippen LogP contribution in [0, 0.1) is 0 Å². The number of rotatable bonds is 4. The lowest BCUT2D eigenvalue weighted by Crippen LogP contribution is -2.00. The SMILES string of the molecule is c1ccc2cc(-c3ccc(-c4nc(-c5ccc6c(c5)oc5ccccc56)nc(-c5ccc6c(c5)sc5ccccc56)n4)cc3)ccc2c1. The van der Waals surface area contributed by atoms with Crippen LogP contribution in [0.25, 0.3) is 98.2 Å². The van der Waals surface area contributed by atoms with E-state index in [2.05, 4.69) is 127 Å². The quantitative estimate of drug-likeness (QED) is 0.194. The number of para-hydroxylation sites is 1. The summed E-state index contributed by atoms with van der Waals surface area (Å²) in [7, 11) is 0. The summed E-state index contributed by atoms with van der Waals surface area (Å²) < 4.78 is 8.71. The maximum Gasteiger partial charge on any atom is 0.164 e. The lowest BCUT2D eigenvalue weighted by Gasteiger charge is -2.10. The van der Waals surface area contributed by atoms with Gasteiger partial charge >= 0.3 is 0 Å².